The van der Waals surface area contributed by atoms with Gasteiger partial charge >= 0.3 is 0 Å². The first-order chi connectivity index (χ1) is 9.72. The van der Waals surface area contributed by atoms with Crippen LogP contribution in [-0.4, -0.2) is 12.3 Å². The minimum absolute atomic E-state index is 0.218. The van der Waals surface area contributed by atoms with E-state index < -0.39 is 0 Å². The fourth-order valence-electron chi connectivity index (χ4n) is 2.00. The van der Waals surface area contributed by atoms with E-state index in [9.17, 15) is 0 Å². The molecular formula is C16H17Cl2NS. The van der Waals surface area contributed by atoms with Crippen LogP contribution in [0.1, 0.15) is 18.5 Å². The lowest BCUT2D eigenvalue weighted by molar-refractivity contribution is 0.606. The third-order valence-corrected chi connectivity index (χ3v) is 4.93. The molecule has 0 bridgehead atoms. The molecule has 0 saturated heterocycles. The second-order valence-electron chi connectivity index (χ2n) is 4.37. The van der Waals surface area contributed by atoms with E-state index in [1.807, 2.05) is 42.5 Å². The van der Waals surface area contributed by atoms with Crippen molar-refractivity contribution < 1.29 is 0 Å². The molecule has 1 atom stereocenters. The van der Waals surface area contributed by atoms with Crippen LogP contribution in [0.4, 0.5) is 0 Å². The molecule has 0 heterocycles. The van der Waals surface area contributed by atoms with Gasteiger partial charge in [0, 0.05) is 21.7 Å². The molecule has 106 valence electrons. The zero-order valence-electron chi connectivity index (χ0n) is 11.3. The molecule has 0 spiro atoms. The number of hydrogen-bond acceptors (Lipinski definition) is 2. The van der Waals surface area contributed by atoms with Gasteiger partial charge in [-0.15, -0.1) is 11.8 Å². The largest absolute Gasteiger partial charge is 0.309 e. The SMILES string of the molecule is CCNC(CSc1ccccc1Cl)c1ccccc1Cl. The molecule has 0 aliphatic heterocycles. The second kappa shape index (κ2) is 7.94. The van der Waals surface area contributed by atoms with E-state index in [4.69, 9.17) is 23.2 Å². The topological polar surface area (TPSA) is 12.0 Å². The maximum atomic E-state index is 6.29. The molecule has 20 heavy (non-hydrogen) atoms. The van der Waals surface area contributed by atoms with E-state index in [0.717, 1.165) is 32.8 Å². The number of thioether (sulfide) groups is 1. The third-order valence-electron chi connectivity index (χ3n) is 2.97. The minimum Gasteiger partial charge on any atom is -0.309 e. The summed E-state index contributed by atoms with van der Waals surface area (Å²) in [5, 5.41) is 5.08. The smallest absolute Gasteiger partial charge is 0.0541 e. The fourth-order valence-corrected chi connectivity index (χ4v) is 3.59. The molecule has 0 fully saturated rings. The average Bonchev–Trinajstić information content (AvgIpc) is 2.46. The molecule has 0 amide bonds. The number of hydrogen-bond donors (Lipinski definition) is 1. The molecule has 0 aromatic heterocycles. The summed E-state index contributed by atoms with van der Waals surface area (Å²) in [6, 6.07) is 16.1. The Kier molecular flexibility index (Phi) is 6.24. The van der Waals surface area contributed by atoms with Gasteiger partial charge in [0.2, 0.25) is 0 Å². The molecule has 0 aliphatic rings. The van der Waals surface area contributed by atoms with E-state index in [2.05, 4.69) is 18.3 Å². The fraction of sp³-hybridized carbons (Fsp3) is 0.250. The van der Waals surface area contributed by atoms with Crippen LogP contribution in [0.5, 0.6) is 0 Å². The van der Waals surface area contributed by atoms with Crippen molar-refractivity contribution in [1.82, 2.24) is 5.32 Å². The van der Waals surface area contributed by atoms with E-state index >= 15 is 0 Å². The summed E-state index contributed by atoms with van der Waals surface area (Å²) in [6.07, 6.45) is 0. The highest BCUT2D eigenvalue weighted by molar-refractivity contribution is 7.99. The molecule has 1 unspecified atom stereocenters. The van der Waals surface area contributed by atoms with E-state index in [1.165, 1.54) is 0 Å². The molecule has 1 N–H and O–H groups in total. The zero-order valence-corrected chi connectivity index (χ0v) is 13.6. The first kappa shape index (κ1) is 15.7. The molecule has 4 heteroatoms. The van der Waals surface area contributed by atoms with Gasteiger partial charge in [0.1, 0.15) is 0 Å². The van der Waals surface area contributed by atoms with Crippen LogP contribution >= 0.6 is 35.0 Å². The summed E-state index contributed by atoms with van der Waals surface area (Å²) in [5.74, 6) is 0.890. The number of rotatable bonds is 6. The van der Waals surface area contributed by atoms with Gasteiger partial charge in [0.25, 0.3) is 0 Å². The Morgan fingerprint density at radius 2 is 1.65 bits per heavy atom. The molecule has 1 nitrogen and oxygen atoms in total. The molecule has 2 aromatic carbocycles. The third kappa shape index (κ3) is 4.16. The van der Waals surface area contributed by atoms with Crippen LogP contribution in [0.15, 0.2) is 53.4 Å². The van der Waals surface area contributed by atoms with Crippen LogP contribution in [0, 0.1) is 0 Å². The van der Waals surface area contributed by atoms with Crippen LogP contribution in [0.2, 0.25) is 10.0 Å². The summed E-state index contributed by atoms with van der Waals surface area (Å²) in [4.78, 5) is 1.10. The Balaban J connectivity index is 2.11. The van der Waals surface area contributed by atoms with Gasteiger partial charge in [-0.1, -0.05) is 60.5 Å². The lowest BCUT2D eigenvalue weighted by Gasteiger charge is -2.19. The van der Waals surface area contributed by atoms with Gasteiger partial charge < -0.3 is 5.32 Å². The Hall–Kier alpha value is -0.670. The van der Waals surface area contributed by atoms with Gasteiger partial charge in [-0.05, 0) is 30.3 Å². The number of nitrogens with one attached hydrogen (secondary N) is 1. The highest BCUT2D eigenvalue weighted by Gasteiger charge is 2.14. The average molecular weight is 326 g/mol. The van der Waals surface area contributed by atoms with E-state index in [0.29, 0.717) is 0 Å². The summed E-state index contributed by atoms with van der Waals surface area (Å²) in [5.41, 5.74) is 1.13. The molecule has 0 aliphatic carbocycles. The van der Waals surface area contributed by atoms with Crippen molar-refractivity contribution in [3.05, 3.63) is 64.1 Å². The van der Waals surface area contributed by atoms with Crippen molar-refractivity contribution in [3.8, 4) is 0 Å². The minimum atomic E-state index is 0.218. The van der Waals surface area contributed by atoms with Crippen molar-refractivity contribution >= 4 is 35.0 Å². The lowest BCUT2D eigenvalue weighted by Crippen LogP contribution is -2.23. The summed E-state index contributed by atoms with van der Waals surface area (Å²) in [6.45, 7) is 3.00. The summed E-state index contributed by atoms with van der Waals surface area (Å²) in [7, 11) is 0. The summed E-state index contributed by atoms with van der Waals surface area (Å²) >= 11 is 14.2. The molecule has 0 radical (unpaired) electrons. The Morgan fingerprint density at radius 1 is 1.00 bits per heavy atom. The number of halogens is 2. The van der Waals surface area contributed by atoms with E-state index in [1.54, 1.807) is 11.8 Å². The highest BCUT2D eigenvalue weighted by atomic mass is 35.5. The standard InChI is InChI=1S/C16H17Cl2NS/c1-2-19-15(12-7-3-4-8-13(12)17)11-20-16-10-6-5-9-14(16)18/h3-10,15,19H,2,11H2,1H3. The van der Waals surface area contributed by atoms with Crippen molar-refractivity contribution in [1.29, 1.82) is 0 Å². The lowest BCUT2D eigenvalue weighted by atomic mass is 10.1. The van der Waals surface area contributed by atoms with Gasteiger partial charge in [-0.3, -0.25) is 0 Å². The molecule has 2 rings (SSSR count). The Morgan fingerprint density at radius 3 is 2.30 bits per heavy atom. The first-order valence-electron chi connectivity index (χ1n) is 6.57. The number of benzene rings is 2. The Bertz CT molecular complexity index is 560. The maximum absolute atomic E-state index is 6.29. The molecular weight excluding hydrogens is 309 g/mol. The van der Waals surface area contributed by atoms with Crippen LogP contribution in [0.3, 0.4) is 0 Å². The van der Waals surface area contributed by atoms with Gasteiger partial charge in [-0.2, -0.15) is 0 Å². The first-order valence-corrected chi connectivity index (χ1v) is 8.31. The van der Waals surface area contributed by atoms with Crippen LogP contribution in [-0.2, 0) is 0 Å². The van der Waals surface area contributed by atoms with Gasteiger partial charge in [0.05, 0.1) is 5.02 Å². The maximum Gasteiger partial charge on any atom is 0.0541 e. The molecule has 2 aromatic rings. The predicted octanol–water partition coefficient (Wildman–Crippen LogP) is 5.44. The van der Waals surface area contributed by atoms with Crippen molar-refractivity contribution in [3.63, 3.8) is 0 Å². The zero-order chi connectivity index (χ0) is 14.4. The highest BCUT2D eigenvalue weighted by Crippen LogP contribution is 2.32. The summed E-state index contributed by atoms with van der Waals surface area (Å²) < 4.78 is 0. The van der Waals surface area contributed by atoms with Gasteiger partial charge in [0.15, 0.2) is 0 Å². The Labute approximate surface area is 134 Å². The van der Waals surface area contributed by atoms with Crippen molar-refractivity contribution in [2.75, 3.05) is 12.3 Å². The normalized spacial score (nSPS) is 12.3. The quantitative estimate of drug-likeness (QED) is 0.710. The predicted molar refractivity (Wildman–Crippen MR) is 90.0 cm³/mol. The van der Waals surface area contributed by atoms with E-state index in [-0.39, 0.29) is 6.04 Å². The van der Waals surface area contributed by atoms with Crippen molar-refractivity contribution in [2.24, 2.45) is 0 Å². The molecule has 0 saturated carbocycles. The van der Waals surface area contributed by atoms with Crippen LogP contribution in [0.25, 0.3) is 0 Å². The van der Waals surface area contributed by atoms with Crippen LogP contribution < -0.4 is 5.32 Å². The monoisotopic (exact) mass is 325 g/mol. The van der Waals surface area contributed by atoms with Crippen molar-refractivity contribution in [2.45, 2.75) is 17.9 Å². The van der Waals surface area contributed by atoms with Gasteiger partial charge in [-0.25, -0.2) is 0 Å². The second-order valence-corrected chi connectivity index (χ2v) is 6.25.